The van der Waals surface area contributed by atoms with Crippen molar-refractivity contribution in [1.29, 1.82) is 0 Å². The van der Waals surface area contributed by atoms with Crippen molar-refractivity contribution in [2.24, 2.45) is 5.73 Å². The van der Waals surface area contributed by atoms with Crippen molar-refractivity contribution >= 4 is 23.8 Å². The molecule has 0 atom stereocenters. The number of hydrogen-bond donors (Lipinski definition) is 6. The molecule has 2 heterocycles. The minimum absolute atomic E-state index is 0.0788. The van der Waals surface area contributed by atoms with Crippen LogP contribution in [0, 0.1) is 0 Å². The van der Waals surface area contributed by atoms with Gasteiger partial charge in [0.25, 0.3) is 5.91 Å². The Labute approximate surface area is 234 Å². The van der Waals surface area contributed by atoms with Gasteiger partial charge in [0.1, 0.15) is 0 Å². The number of ether oxygens (including phenoxy) is 2. The summed E-state index contributed by atoms with van der Waals surface area (Å²) in [7, 11) is 0. The molecule has 1 amide bonds. The molecule has 0 fully saturated rings. The number of nitrogens with one attached hydrogen (secondary N) is 4. The van der Waals surface area contributed by atoms with Gasteiger partial charge in [-0.2, -0.15) is 15.0 Å². The van der Waals surface area contributed by atoms with Crippen molar-refractivity contribution < 1.29 is 19.4 Å². The summed E-state index contributed by atoms with van der Waals surface area (Å²) in [4.78, 5) is 29.8. The van der Waals surface area contributed by atoms with Gasteiger partial charge in [-0.3, -0.25) is 4.79 Å². The van der Waals surface area contributed by atoms with Crippen LogP contribution in [-0.2, 0) is 22.6 Å². The summed E-state index contributed by atoms with van der Waals surface area (Å²) in [6.07, 6.45) is 6.92. The number of carbonyl (C=O) groups excluding carboxylic acids is 1. The number of imidazole rings is 1. The largest absolute Gasteiger partial charge is 0.396 e. The van der Waals surface area contributed by atoms with Gasteiger partial charge < -0.3 is 46.1 Å². The SMILES string of the molecule is NCCOCCOCCNC(=O)c1ccc(CNc2nc(NCCCO)nc(NCCCn3ccnc3)n2)cc1. The van der Waals surface area contributed by atoms with E-state index < -0.39 is 0 Å². The van der Waals surface area contributed by atoms with Gasteiger partial charge in [0.05, 0.1) is 32.8 Å². The molecule has 0 spiro atoms. The molecule has 0 aliphatic carbocycles. The number of aromatic nitrogens is 5. The number of carbonyl (C=O) groups is 1. The summed E-state index contributed by atoms with van der Waals surface area (Å²) < 4.78 is 12.7. The van der Waals surface area contributed by atoms with Crippen molar-refractivity contribution in [1.82, 2.24) is 29.8 Å². The van der Waals surface area contributed by atoms with E-state index in [-0.39, 0.29) is 12.5 Å². The zero-order chi connectivity index (χ0) is 28.3. The standard InChI is InChI=1S/C26H40N10O4/c27-7-15-39-17-18-40-16-11-29-23(38)22-5-3-21(4-6-22)19-32-26-34-24(33-25(35-26)31-9-2-14-37)30-8-1-12-36-13-10-28-20-36/h3-6,10,13,20,37H,1-2,7-9,11-12,14-19,27H2,(H,29,38)(H3,30,31,32,33,34,35). The molecule has 0 radical (unpaired) electrons. The zero-order valence-electron chi connectivity index (χ0n) is 22.7. The predicted molar refractivity (Wildman–Crippen MR) is 152 cm³/mol. The van der Waals surface area contributed by atoms with Gasteiger partial charge in [-0.1, -0.05) is 12.1 Å². The van der Waals surface area contributed by atoms with E-state index in [0.717, 1.165) is 18.5 Å². The molecule has 40 heavy (non-hydrogen) atoms. The number of benzene rings is 1. The molecule has 7 N–H and O–H groups in total. The Kier molecular flexibility index (Phi) is 14.1. The number of amides is 1. The van der Waals surface area contributed by atoms with Gasteiger partial charge in [-0.25, -0.2) is 4.98 Å². The number of aliphatic hydroxyl groups is 1. The van der Waals surface area contributed by atoms with E-state index in [2.05, 4.69) is 41.2 Å². The maximum Gasteiger partial charge on any atom is 0.251 e. The highest BCUT2D eigenvalue weighted by Crippen LogP contribution is 2.12. The Morgan fingerprint density at radius 3 is 2.20 bits per heavy atom. The second kappa shape index (κ2) is 18.4. The number of nitrogens with zero attached hydrogens (tertiary/aromatic N) is 5. The Hall–Kier alpha value is -3.85. The van der Waals surface area contributed by atoms with E-state index in [1.807, 2.05) is 22.9 Å². The number of nitrogens with two attached hydrogens (primary N) is 1. The second-order valence-corrected chi connectivity index (χ2v) is 8.71. The molecule has 218 valence electrons. The molecular weight excluding hydrogens is 516 g/mol. The fourth-order valence-corrected chi connectivity index (χ4v) is 3.47. The first-order valence-electron chi connectivity index (χ1n) is 13.4. The third-order valence-electron chi connectivity index (χ3n) is 5.52. The molecule has 0 aliphatic heterocycles. The van der Waals surface area contributed by atoms with Crippen molar-refractivity contribution in [3.63, 3.8) is 0 Å². The molecule has 0 saturated heterocycles. The first-order chi connectivity index (χ1) is 19.7. The van der Waals surface area contributed by atoms with E-state index in [4.69, 9.17) is 20.3 Å². The minimum atomic E-state index is -0.165. The molecule has 1 aromatic carbocycles. The van der Waals surface area contributed by atoms with Crippen LogP contribution in [-0.4, -0.2) is 94.7 Å². The summed E-state index contributed by atoms with van der Waals surface area (Å²) in [5.74, 6) is 1.12. The normalized spacial score (nSPS) is 10.8. The Bertz CT molecular complexity index is 1100. The monoisotopic (exact) mass is 556 g/mol. The van der Waals surface area contributed by atoms with Crippen LogP contribution in [0.15, 0.2) is 43.0 Å². The summed E-state index contributed by atoms with van der Waals surface area (Å²) in [6.45, 7) is 5.35. The molecule has 14 heteroatoms. The van der Waals surface area contributed by atoms with Crippen LogP contribution in [0.4, 0.5) is 17.8 Å². The van der Waals surface area contributed by atoms with Crippen LogP contribution in [0.2, 0.25) is 0 Å². The minimum Gasteiger partial charge on any atom is -0.396 e. The van der Waals surface area contributed by atoms with E-state index in [1.54, 1.807) is 24.7 Å². The highest BCUT2D eigenvalue weighted by Gasteiger charge is 2.08. The smallest absolute Gasteiger partial charge is 0.251 e. The van der Waals surface area contributed by atoms with Gasteiger partial charge in [0.2, 0.25) is 17.8 Å². The van der Waals surface area contributed by atoms with Gasteiger partial charge in [0, 0.05) is 63.8 Å². The van der Waals surface area contributed by atoms with Crippen LogP contribution < -0.4 is 27.0 Å². The summed E-state index contributed by atoms with van der Waals surface area (Å²) >= 11 is 0. The third-order valence-corrected chi connectivity index (χ3v) is 5.52. The number of aryl methyl sites for hydroxylation is 1. The van der Waals surface area contributed by atoms with Crippen molar-refractivity contribution in [2.75, 3.05) is 75.2 Å². The van der Waals surface area contributed by atoms with E-state index in [1.165, 1.54) is 0 Å². The maximum atomic E-state index is 12.4. The predicted octanol–water partition coefficient (Wildman–Crippen LogP) is 0.698. The number of rotatable bonds is 21. The van der Waals surface area contributed by atoms with Crippen LogP contribution in [0.3, 0.4) is 0 Å². The first kappa shape index (κ1) is 30.7. The van der Waals surface area contributed by atoms with E-state index >= 15 is 0 Å². The van der Waals surface area contributed by atoms with Crippen molar-refractivity contribution in [3.8, 4) is 0 Å². The van der Waals surface area contributed by atoms with Gasteiger partial charge >= 0.3 is 0 Å². The van der Waals surface area contributed by atoms with Gasteiger partial charge in [-0.05, 0) is 30.5 Å². The third kappa shape index (κ3) is 11.9. The summed E-state index contributed by atoms with van der Waals surface area (Å²) in [6, 6.07) is 7.31. The number of aliphatic hydroxyl groups excluding tert-OH is 1. The molecule has 3 aromatic rings. The number of hydrogen-bond acceptors (Lipinski definition) is 12. The van der Waals surface area contributed by atoms with Gasteiger partial charge in [-0.15, -0.1) is 0 Å². The second-order valence-electron chi connectivity index (χ2n) is 8.71. The van der Waals surface area contributed by atoms with Crippen LogP contribution in [0.1, 0.15) is 28.8 Å². The molecule has 14 nitrogen and oxygen atoms in total. The average molecular weight is 557 g/mol. The Morgan fingerprint density at radius 1 is 0.875 bits per heavy atom. The number of anilines is 3. The van der Waals surface area contributed by atoms with Crippen LogP contribution in [0.25, 0.3) is 0 Å². The van der Waals surface area contributed by atoms with Crippen LogP contribution in [0.5, 0.6) is 0 Å². The lowest BCUT2D eigenvalue weighted by atomic mass is 10.1. The van der Waals surface area contributed by atoms with Crippen molar-refractivity contribution in [3.05, 3.63) is 54.1 Å². The fourth-order valence-electron chi connectivity index (χ4n) is 3.47. The van der Waals surface area contributed by atoms with Crippen molar-refractivity contribution in [2.45, 2.75) is 25.9 Å². The zero-order valence-corrected chi connectivity index (χ0v) is 22.7. The lowest BCUT2D eigenvalue weighted by molar-refractivity contribution is 0.0511. The summed E-state index contributed by atoms with van der Waals surface area (Å²) in [5, 5.41) is 21.5. The van der Waals surface area contributed by atoms with Gasteiger partial charge in [0.15, 0.2) is 0 Å². The fraction of sp³-hybridized carbons (Fsp3) is 0.500. The molecule has 0 aliphatic rings. The molecule has 0 unspecified atom stereocenters. The Balaban J connectivity index is 1.45. The quantitative estimate of drug-likeness (QED) is 0.101. The highest BCUT2D eigenvalue weighted by molar-refractivity contribution is 5.94. The summed E-state index contributed by atoms with van der Waals surface area (Å²) in [5.41, 5.74) is 6.88. The van der Waals surface area contributed by atoms with E-state index in [0.29, 0.717) is 89.0 Å². The molecule has 0 saturated carbocycles. The highest BCUT2D eigenvalue weighted by atomic mass is 16.5. The molecule has 0 bridgehead atoms. The Morgan fingerprint density at radius 2 is 1.55 bits per heavy atom. The topological polar surface area (TPSA) is 186 Å². The molecule has 3 rings (SSSR count). The van der Waals surface area contributed by atoms with Crippen LogP contribution >= 0.6 is 0 Å². The molecule has 2 aromatic heterocycles. The van der Waals surface area contributed by atoms with E-state index in [9.17, 15) is 4.79 Å². The maximum absolute atomic E-state index is 12.4. The average Bonchev–Trinajstić information content (AvgIpc) is 3.50. The molecular formula is C26H40N10O4. The lowest BCUT2D eigenvalue weighted by Gasteiger charge is -2.12. The first-order valence-corrected chi connectivity index (χ1v) is 13.4. The lowest BCUT2D eigenvalue weighted by Crippen LogP contribution is -2.27.